The minimum absolute atomic E-state index is 0.0449. The number of hydrogen-bond acceptors (Lipinski definition) is 7. The van der Waals surface area contributed by atoms with Gasteiger partial charge in [0.2, 0.25) is 5.75 Å². The van der Waals surface area contributed by atoms with Crippen LogP contribution in [-0.2, 0) is 14.3 Å². The zero-order valence-electron chi connectivity index (χ0n) is 14.0. The molecule has 0 aliphatic carbocycles. The predicted molar refractivity (Wildman–Crippen MR) is 84.0 cm³/mol. The van der Waals surface area contributed by atoms with Gasteiger partial charge in [-0.3, -0.25) is 19.3 Å². The Morgan fingerprint density at radius 1 is 1.08 bits per heavy atom. The van der Waals surface area contributed by atoms with E-state index in [0.717, 1.165) is 4.90 Å². The smallest absolute Gasteiger partial charge is 0.326 e. The molecule has 0 spiro atoms. The van der Waals surface area contributed by atoms with Crippen molar-refractivity contribution in [2.45, 2.75) is 13.3 Å². The van der Waals surface area contributed by atoms with Crippen molar-refractivity contribution in [2.75, 3.05) is 39.4 Å². The number of nitrogens with zero attached hydrogens (tertiary/aromatic N) is 1. The molecule has 8 nitrogen and oxygen atoms in total. The Bertz CT molecular complexity index is 683. The second-order valence-electron chi connectivity index (χ2n) is 4.98. The number of anilines is 1. The number of rotatable bonds is 7. The number of fused-ring (bicyclic) bond motifs is 1. The molecule has 0 saturated heterocycles. The Kier molecular flexibility index (Phi) is 5.28. The van der Waals surface area contributed by atoms with Gasteiger partial charge in [-0.25, -0.2) is 0 Å². The van der Waals surface area contributed by atoms with E-state index >= 15 is 0 Å². The molecule has 0 radical (unpaired) electrons. The summed E-state index contributed by atoms with van der Waals surface area (Å²) in [4.78, 5) is 37.5. The highest BCUT2D eigenvalue weighted by Crippen LogP contribution is 2.47. The Balaban J connectivity index is 2.49. The maximum absolute atomic E-state index is 12.3. The van der Waals surface area contributed by atoms with Crippen LogP contribution in [0.5, 0.6) is 17.2 Å². The average Bonchev–Trinajstić information content (AvgIpc) is 2.82. The van der Waals surface area contributed by atoms with Crippen LogP contribution < -0.4 is 19.1 Å². The van der Waals surface area contributed by atoms with Crippen molar-refractivity contribution >= 4 is 23.3 Å². The lowest BCUT2D eigenvalue weighted by atomic mass is 10.1. The number of amides is 1. The van der Waals surface area contributed by atoms with Gasteiger partial charge in [0, 0.05) is 6.07 Å². The Hall–Kier alpha value is -2.77. The maximum atomic E-state index is 12.3. The summed E-state index contributed by atoms with van der Waals surface area (Å²) in [6.45, 7) is 1.74. The van der Waals surface area contributed by atoms with Crippen LogP contribution in [0.25, 0.3) is 0 Å². The van der Waals surface area contributed by atoms with E-state index in [1.54, 1.807) is 0 Å². The number of ether oxygens (including phenoxy) is 4. The molecule has 24 heavy (non-hydrogen) atoms. The van der Waals surface area contributed by atoms with Crippen molar-refractivity contribution in [3.05, 3.63) is 11.6 Å². The Morgan fingerprint density at radius 2 is 1.75 bits per heavy atom. The summed E-state index contributed by atoms with van der Waals surface area (Å²) in [5.41, 5.74) is 0.274. The molecule has 1 aromatic rings. The Labute approximate surface area is 139 Å². The van der Waals surface area contributed by atoms with Gasteiger partial charge in [-0.1, -0.05) is 6.92 Å². The van der Waals surface area contributed by atoms with Crippen LogP contribution in [-0.4, -0.2) is 52.1 Å². The number of carbonyl (C=O) groups is 3. The summed E-state index contributed by atoms with van der Waals surface area (Å²) >= 11 is 0. The first kappa shape index (κ1) is 17.6. The molecule has 1 amide bonds. The second-order valence-corrected chi connectivity index (χ2v) is 4.98. The van der Waals surface area contributed by atoms with Gasteiger partial charge in [-0.05, 0) is 6.42 Å². The molecule has 1 aliphatic heterocycles. The average molecular weight is 337 g/mol. The van der Waals surface area contributed by atoms with E-state index in [9.17, 15) is 14.4 Å². The van der Waals surface area contributed by atoms with Crippen LogP contribution in [0.2, 0.25) is 0 Å². The van der Waals surface area contributed by atoms with Crippen molar-refractivity contribution in [2.24, 2.45) is 0 Å². The van der Waals surface area contributed by atoms with Crippen LogP contribution >= 0.6 is 0 Å². The van der Waals surface area contributed by atoms with E-state index in [-0.39, 0.29) is 41.7 Å². The first-order chi connectivity index (χ1) is 11.5. The minimum Gasteiger partial charge on any atom is -0.493 e. The zero-order chi connectivity index (χ0) is 17.9. The number of hydrogen-bond donors (Lipinski definition) is 0. The topological polar surface area (TPSA) is 91.4 Å². The fraction of sp³-hybridized carbons (Fsp3) is 0.438. The van der Waals surface area contributed by atoms with Crippen molar-refractivity contribution < 1.29 is 33.3 Å². The van der Waals surface area contributed by atoms with Gasteiger partial charge < -0.3 is 18.9 Å². The van der Waals surface area contributed by atoms with E-state index in [1.807, 2.05) is 6.92 Å². The van der Waals surface area contributed by atoms with E-state index in [1.165, 1.54) is 27.4 Å². The van der Waals surface area contributed by atoms with Crippen LogP contribution in [0.3, 0.4) is 0 Å². The van der Waals surface area contributed by atoms with Crippen molar-refractivity contribution in [1.29, 1.82) is 0 Å². The summed E-state index contributed by atoms with van der Waals surface area (Å²) in [6.07, 6.45) is 0.661. The molecule has 0 atom stereocenters. The molecular weight excluding hydrogens is 318 g/mol. The lowest BCUT2D eigenvalue weighted by Gasteiger charge is -2.18. The summed E-state index contributed by atoms with van der Waals surface area (Å²) < 4.78 is 20.7. The number of carbonyl (C=O) groups excluding carboxylic acids is 3. The van der Waals surface area contributed by atoms with Crippen LogP contribution in [0.4, 0.5) is 5.69 Å². The molecule has 0 unspecified atom stereocenters. The summed E-state index contributed by atoms with van der Waals surface area (Å²) in [7, 11) is 4.17. The number of ketones is 1. The third-order valence-corrected chi connectivity index (χ3v) is 3.52. The SMILES string of the molecule is CCCOC(=O)CN1C(=O)C(=O)c2c1cc(OC)c(OC)c2OC. The molecule has 1 aromatic carbocycles. The predicted octanol–water partition coefficient (Wildman–Crippen LogP) is 1.19. The fourth-order valence-electron chi connectivity index (χ4n) is 2.46. The quantitative estimate of drug-likeness (QED) is 0.545. The molecule has 2 rings (SSSR count). The largest absolute Gasteiger partial charge is 0.493 e. The highest BCUT2D eigenvalue weighted by molar-refractivity contribution is 6.53. The zero-order valence-corrected chi connectivity index (χ0v) is 14.0. The summed E-state index contributed by atoms with van der Waals surface area (Å²) in [5.74, 6) is -1.62. The molecule has 8 heteroatoms. The minimum atomic E-state index is -0.827. The standard InChI is InChI=1S/C16H19NO7/c1-5-6-24-11(18)8-17-9-7-10(21-2)14(22-3)15(23-4)12(9)13(19)16(17)20/h7H,5-6,8H2,1-4H3. The summed E-state index contributed by atoms with van der Waals surface area (Å²) in [6, 6.07) is 1.46. The highest BCUT2D eigenvalue weighted by atomic mass is 16.5. The van der Waals surface area contributed by atoms with Crippen molar-refractivity contribution in [1.82, 2.24) is 0 Å². The molecule has 0 bridgehead atoms. The van der Waals surface area contributed by atoms with Gasteiger partial charge in [0.15, 0.2) is 11.5 Å². The van der Waals surface area contributed by atoms with Crippen molar-refractivity contribution in [3.63, 3.8) is 0 Å². The third kappa shape index (κ3) is 2.86. The monoisotopic (exact) mass is 337 g/mol. The molecule has 130 valence electrons. The lowest BCUT2D eigenvalue weighted by molar-refractivity contribution is -0.142. The van der Waals surface area contributed by atoms with E-state index in [0.29, 0.717) is 6.42 Å². The van der Waals surface area contributed by atoms with Gasteiger partial charge in [0.05, 0.1) is 39.2 Å². The van der Waals surface area contributed by atoms with Gasteiger partial charge in [0.25, 0.3) is 11.7 Å². The molecule has 0 fully saturated rings. The van der Waals surface area contributed by atoms with E-state index in [2.05, 4.69) is 0 Å². The van der Waals surface area contributed by atoms with Gasteiger partial charge in [0.1, 0.15) is 6.54 Å². The molecular formula is C16H19NO7. The summed E-state index contributed by atoms with van der Waals surface area (Å²) in [5, 5.41) is 0. The van der Waals surface area contributed by atoms with Crippen LogP contribution in [0.1, 0.15) is 23.7 Å². The fourth-order valence-corrected chi connectivity index (χ4v) is 2.46. The van der Waals surface area contributed by atoms with Crippen LogP contribution in [0, 0.1) is 0 Å². The number of esters is 1. The van der Waals surface area contributed by atoms with Crippen LogP contribution in [0.15, 0.2) is 6.07 Å². The number of benzene rings is 1. The van der Waals surface area contributed by atoms with Crippen molar-refractivity contribution in [3.8, 4) is 17.2 Å². The van der Waals surface area contributed by atoms with Gasteiger partial charge in [-0.2, -0.15) is 0 Å². The number of methoxy groups -OCH3 is 3. The Morgan fingerprint density at radius 3 is 2.29 bits per heavy atom. The molecule has 0 aromatic heterocycles. The van der Waals surface area contributed by atoms with Gasteiger partial charge >= 0.3 is 5.97 Å². The molecule has 0 saturated carbocycles. The highest BCUT2D eigenvalue weighted by Gasteiger charge is 2.42. The van der Waals surface area contributed by atoms with E-state index < -0.39 is 17.7 Å². The molecule has 1 aliphatic rings. The van der Waals surface area contributed by atoms with Gasteiger partial charge in [-0.15, -0.1) is 0 Å². The lowest BCUT2D eigenvalue weighted by Crippen LogP contribution is -2.35. The maximum Gasteiger partial charge on any atom is 0.326 e. The normalized spacial score (nSPS) is 12.9. The molecule has 0 N–H and O–H groups in total. The van der Waals surface area contributed by atoms with E-state index in [4.69, 9.17) is 18.9 Å². The first-order valence-electron chi connectivity index (χ1n) is 7.34. The number of Topliss-reactive ketones (excluding diaryl/α,β-unsaturated/α-hetero) is 1. The third-order valence-electron chi connectivity index (χ3n) is 3.52. The second kappa shape index (κ2) is 7.20. The first-order valence-corrected chi connectivity index (χ1v) is 7.34. The molecule has 1 heterocycles.